The van der Waals surface area contributed by atoms with Crippen LogP contribution in [0.2, 0.25) is 0 Å². The molecule has 1 saturated carbocycles. The zero-order valence-electron chi connectivity index (χ0n) is 20.3. The number of carbonyl (C=O) groups is 1. The van der Waals surface area contributed by atoms with Gasteiger partial charge in [0.05, 0.1) is 11.9 Å². The van der Waals surface area contributed by atoms with Crippen molar-refractivity contribution >= 4 is 11.9 Å². The van der Waals surface area contributed by atoms with Crippen molar-refractivity contribution in [2.45, 2.75) is 63.6 Å². The Morgan fingerprint density at radius 3 is 2.29 bits per heavy atom. The van der Waals surface area contributed by atoms with E-state index < -0.39 is 5.78 Å². The van der Waals surface area contributed by atoms with Crippen LogP contribution in [-0.2, 0) is 17.9 Å². The molecule has 0 atom stereocenters. The Morgan fingerprint density at radius 2 is 1.69 bits per heavy atom. The quantitative estimate of drug-likeness (QED) is 0.260. The Bertz CT molecular complexity index is 1090. The molecule has 2 N–H and O–H groups in total. The number of aromatic nitrogens is 2. The van der Waals surface area contributed by atoms with E-state index in [-0.39, 0.29) is 11.7 Å². The summed E-state index contributed by atoms with van der Waals surface area (Å²) in [6, 6.07) is 21.6. The molecule has 1 fully saturated rings. The van der Waals surface area contributed by atoms with E-state index in [0.717, 1.165) is 18.2 Å². The number of aliphatic hydroxyl groups is 1. The van der Waals surface area contributed by atoms with Crippen molar-refractivity contribution in [2.75, 3.05) is 0 Å². The first-order valence-electron chi connectivity index (χ1n) is 12.6. The van der Waals surface area contributed by atoms with Crippen molar-refractivity contribution in [3.05, 3.63) is 108 Å². The van der Waals surface area contributed by atoms with Crippen molar-refractivity contribution in [3.63, 3.8) is 0 Å². The van der Waals surface area contributed by atoms with Gasteiger partial charge in [-0.3, -0.25) is 4.79 Å². The Balaban J connectivity index is 1.60. The maximum atomic E-state index is 11.9. The molecule has 0 saturated heterocycles. The molecule has 1 heterocycles. The lowest BCUT2D eigenvalue weighted by atomic mass is 9.88. The van der Waals surface area contributed by atoms with E-state index in [1.54, 1.807) is 0 Å². The molecule has 0 bridgehead atoms. The average Bonchev–Trinajstić information content (AvgIpc) is 3.29. The number of hydrogen-bond donors (Lipinski definition) is 2. The normalized spacial score (nSPS) is 14.8. The highest BCUT2D eigenvalue weighted by atomic mass is 16.3. The van der Waals surface area contributed by atoms with Crippen LogP contribution >= 0.6 is 0 Å². The van der Waals surface area contributed by atoms with Crippen molar-refractivity contribution in [1.29, 1.82) is 0 Å². The van der Waals surface area contributed by atoms with Crippen LogP contribution in [0.4, 0.5) is 0 Å². The van der Waals surface area contributed by atoms with E-state index in [9.17, 15) is 9.90 Å². The largest absolute Gasteiger partial charge is 0.504 e. The lowest BCUT2D eigenvalue weighted by Gasteiger charge is -2.24. The summed E-state index contributed by atoms with van der Waals surface area (Å²) >= 11 is 0. The van der Waals surface area contributed by atoms with Gasteiger partial charge >= 0.3 is 0 Å². The average molecular weight is 470 g/mol. The summed E-state index contributed by atoms with van der Waals surface area (Å²) in [5, 5.41) is 13.9. The fourth-order valence-corrected chi connectivity index (χ4v) is 4.95. The van der Waals surface area contributed by atoms with E-state index >= 15 is 0 Å². The second kappa shape index (κ2) is 12.3. The van der Waals surface area contributed by atoms with Crippen LogP contribution in [0, 0.1) is 0 Å². The number of aliphatic hydroxyl groups excluding tert-OH is 1. The summed E-state index contributed by atoms with van der Waals surface area (Å²) in [5.41, 5.74) is 3.59. The van der Waals surface area contributed by atoms with E-state index in [2.05, 4.69) is 70.0 Å². The van der Waals surface area contributed by atoms with Crippen molar-refractivity contribution in [3.8, 4) is 0 Å². The van der Waals surface area contributed by atoms with E-state index in [1.807, 2.05) is 18.3 Å². The highest BCUT2D eigenvalue weighted by Crippen LogP contribution is 2.29. The summed E-state index contributed by atoms with van der Waals surface area (Å²) in [6.45, 7) is 4.89. The van der Waals surface area contributed by atoms with Gasteiger partial charge in [-0.2, -0.15) is 0 Å². The maximum absolute atomic E-state index is 11.9. The van der Waals surface area contributed by atoms with Crippen molar-refractivity contribution < 1.29 is 9.90 Å². The van der Waals surface area contributed by atoms with Crippen LogP contribution in [0.1, 0.15) is 67.1 Å². The number of rotatable bonds is 11. The van der Waals surface area contributed by atoms with E-state index in [0.29, 0.717) is 25.0 Å². The molecule has 4 rings (SSSR count). The molecule has 182 valence electrons. The minimum atomic E-state index is -0.507. The Morgan fingerprint density at radius 1 is 1.06 bits per heavy atom. The van der Waals surface area contributed by atoms with E-state index in [1.165, 1.54) is 49.3 Å². The molecular formula is C30H35N3O2. The first-order chi connectivity index (χ1) is 17.2. The zero-order chi connectivity index (χ0) is 24.5. The lowest BCUT2D eigenvalue weighted by molar-refractivity contribution is -0.113. The Labute approximate surface area is 208 Å². The monoisotopic (exact) mass is 469 g/mol. The molecule has 5 heteroatoms. The number of nitrogens with one attached hydrogen (secondary N) is 1. The molecule has 1 aliphatic carbocycles. The van der Waals surface area contributed by atoms with Gasteiger partial charge < -0.3 is 15.0 Å². The first kappa shape index (κ1) is 24.7. The van der Waals surface area contributed by atoms with Crippen molar-refractivity contribution in [2.24, 2.45) is 0 Å². The number of allylic oxidation sites excluding steroid dienone is 1. The smallest absolute Gasteiger partial charge is 0.219 e. The van der Waals surface area contributed by atoms with Gasteiger partial charge in [-0.15, -0.1) is 0 Å². The third kappa shape index (κ3) is 6.58. The fraction of sp³-hybridized carbons (Fsp3) is 0.333. The van der Waals surface area contributed by atoms with Gasteiger partial charge in [0.15, 0.2) is 5.76 Å². The molecule has 2 aromatic carbocycles. The van der Waals surface area contributed by atoms with Crippen LogP contribution in [0.15, 0.2) is 85.3 Å². The van der Waals surface area contributed by atoms with Crippen LogP contribution in [0.3, 0.4) is 0 Å². The summed E-state index contributed by atoms with van der Waals surface area (Å²) in [7, 11) is 0. The number of nitrogens with zero attached hydrogens (tertiary/aromatic N) is 2. The second-order valence-corrected chi connectivity index (χ2v) is 9.24. The summed E-state index contributed by atoms with van der Waals surface area (Å²) in [4.78, 5) is 16.5. The minimum Gasteiger partial charge on any atom is -0.504 e. The minimum absolute atomic E-state index is 0.221. The van der Waals surface area contributed by atoms with Gasteiger partial charge in [0, 0.05) is 31.1 Å². The van der Waals surface area contributed by atoms with Gasteiger partial charge in [0.1, 0.15) is 5.82 Å². The van der Waals surface area contributed by atoms with Gasteiger partial charge in [0.25, 0.3) is 0 Å². The number of carbonyl (C=O) groups excluding carboxylic acids is 1. The highest BCUT2D eigenvalue weighted by Gasteiger charge is 2.18. The maximum Gasteiger partial charge on any atom is 0.219 e. The van der Waals surface area contributed by atoms with Crippen LogP contribution in [0.25, 0.3) is 6.08 Å². The van der Waals surface area contributed by atoms with Gasteiger partial charge in [-0.25, -0.2) is 4.98 Å². The van der Waals surface area contributed by atoms with Gasteiger partial charge in [0.2, 0.25) is 5.78 Å². The molecule has 5 nitrogen and oxygen atoms in total. The molecule has 35 heavy (non-hydrogen) atoms. The van der Waals surface area contributed by atoms with Crippen LogP contribution in [0.5, 0.6) is 0 Å². The summed E-state index contributed by atoms with van der Waals surface area (Å²) in [5.74, 6) is -0.0496. The van der Waals surface area contributed by atoms with Gasteiger partial charge in [-0.05, 0) is 36.5 Å². The molecule has 0 aliphatic heterocycles. The fourth-order valence-electron chi connectivity index (χ4n) is 4.95. The topological polar surface area (TPSA) is 67.2 Å². The highest BCUT2D eigenvalue weighted by molar-refractivity contribution is 6.04. The van der Waals surface area contributed by atoms with E-state index in [4.69, 9.17) is 0 Å². The third-order valence-electron chi connectivity index (χ3n) is 6.90. The Hall–Kier alpha value is -3.44. The molecule has 0 radical (unpaired) electrons. The predicted octanol–water partition coefficient (Wildman–Crippen LogP) is 6.18. The predicted molar refractivity (Wildman–Crippen MR) is 141 cm³/mol. The van der Waals surface area contributed by atoms with Crippen LogP contribution < -0.4 is 5.32 Å². The Kier molecular flexibility index (Phi) is 8.68. The van der Waals surface area contributed by atoms with Crippen molar-refractivity contribution in [1.82, 2.24) is 14.9 Å². The SMILES string of the molecule is C=CC(=O)/C(O)=C/c1ncc(CNC2CCCCC2)n1CCC(c1ccccc1)c1ccccc1. The number of benzene rings is 2. The first-order valence-corrected chi connectivity index (χ1v) is 12.6. The standard InChI is InChI=1S/C30H35N3O2/c1-2-28(34)29(35)20-30-32-22-26(21-31-25-16-10-5-11-17-25)33(30)19-18-27(23-12-6-3-7-13-23)24-14-8-4-9-15-24/h2-4,6-9,12-15,20,22,25,27,31,35H,1,5,10-11,16-19,21H2/b29-20-. The summed E-state index contributed by atoms with van der Waals surface area (Å²) < 4.78 is 2.13. The number of hydrogen-bond acceptors (Lipinski definition) is 4. The van der Waals surface area contributed by atoms with Crippen LogP contribution in [-0.4, -0.2) is 26.5 Å². The molecule has 0 unspecified atom stereocenters. The lowest BCUT2D eigenvalue weighted by Crippen LogP contribution is -2.31. The molecule has 1 aliphatic rings. The molecule has 1 aromatic heterocycles. The number of imidazole rings is 1. The molecule has 0 spiro atoms. The summed E-state index contributed by atoms with van der Waals surface area (Å²) in [6.07, 6.45) is 11.6. The third-order valence-corrected chi connectivity index (χ3v) is 6.90. The second-order valence-electron chi connectivity index (χ2n) is 9.24. The molecular weight excluding hydrogens is 434 g/mol. The number of ketones is 1. The molecule has 3 aromatic rings. The van der Waals surface area contributed by atoms with Gasteiger partial charge in [-0.1, -0.05) is 86.5 Å². The zero-order valence-corrected chi connectivity index (χ0v) is 20.3. The molecule has 0 amide bonds.